The molecule has 1 aliphatic rings. The van der Waals surface area contributed by atoms with Gasteiger partial charge in [-0.1, -0.05) is 11.2 Å². The van der Waals surface area contributed by atoms with Crippen molar-refractivity contribution >= 4 is 11.8 Å². The topological polar surface area (TPSA) is 73.1 Å². The summed E-state index contributed by atoms with van der Waals surface area (Å²) in [6.07, 6.45) is -4.80. The summed E-state index contributed by atoms with van der Waals surface area (Å²) in [6.45, 7) is 0.138. The summed E-state index contributed by atoms with van der Waals surface area (Å²) in [4.78, 5) is 12.2. The molecule has 1 saturated heterocycles. The van der Waals surface area contributed by atoms with E-state index in [2.05, 4.69) is 5.16 Å². The Morgan fingerprint density at radius 2 is 2.00 bits per heavy atom. The summed E-state index contributed by atoms with van der Waals surface area (Å²) in [5.41, 5.74) is -2.47. The van der Waals surface area contributed by atoms with E-state index in [0.29, 0.717) is 18.9 Å². The molecule has 0 radical (unpaired) electrons. The quantitative estimate of drug-likeness (QED) is 0.376. The Labute approximate surface area is 128 Å². The lowest BCUT2D eigenvalue weighted by molar-refractivity contribution is -0.140. The van der Waals surface area contributed by atoms with Crippen molar-refractivity contribution in [2.75, 3.05) is 6.54 Å². The molecule has 2 N–H and O–H groups in total. The predicted molar refractivity (Wildman–Crippen MR) is 72.1 cm³/mol. The van der Waals surface area contributed by atoms with Gasteiger partial charge in [0.1, 0.15) is 11.5 Å². The molecule has 1 heterocycles. The molecule has 0 bridgehead atoms. The number of hydrogen-bond acceptors (Lipinski definition) is 3. The first-order valence-corrected chi connectivity index (χ1v) is 6.85. The zero-order valence-corrected chi connectivity index (χ0v) is 11.8. The van der Waals surface area contributed by atoms with Crippen molar-refractivity contribution in [3.63, 3.8) is 0 Å². The van der Waals surface area contributed by atoms with Gasteiger partial charge in [0.2, 0.25) is 0 Å². The molecule has 0 saturated carbocycles. The van der Waals surface area contributed by atoms with Gasteiger partial charge in [-0.3, -0.25) is 4.90 Å². The number of piperidine rings is 1. The Morgan fingerprint density at radius 3 is 2.57 bits per heavy atom. The molecule has 5 nitrogen and oxygen atoms in total. The summed E-state index contributed by atoms with van der Waals surface area (Å²) in [7, 11) is 0. The fourth-order valence-corrected chi connectivity index (χ4v) is 2.69. The minimum atomic E-state index is -4.90. The van der Waals surface area contributed by atoms with Crippen LogP contribution < -0.4 is 0 Å². The highest BCUT2D eigenvalue weighted by Crippen LogP contribution is 2.33. The van der Waals surface area contributed by atoms with Gasteiger partial charge >= 0.3 is 12.3 Å². The van der Waals surface area contributed by atoms with Crippen molar-refractivity contribution in [1.29, 1.82) is 0 Å². The Balaban J connectivity index is 2.48. The van der Waals surface area contributed by atoms with E-state index >= 15 is 0 Å². The van der Waals surface area contributed by atoms with Crippen molar-refractivity contribution < 1.29 is 32.7 Å². The number of amides is 1. The second-order valence-corrected chi connectivity index (χ2v) is 5.14. The Kier molecular flexibility index (Phi) is 4.76. The predicted octanol–water partition coefficient (Wildman–Crippen LogP) is 3.56. The van der Waals surface area contributed by atoms with Crippen LogP contribution in [0.4, 0.5) is 22.4 Å². The van der Waals surface area contributed by atoms with Crippen LogP contribution >= 0.6 is 0 Å². The van der Waals surface area contributed by atoms with Crippen LogP contribution in [0.15, 0.2) is 23.4 Å². The molecule has 0 aliphatic carbocycles. The summed E-state index contributed by atoms with van der Waals surface area (Å²) >= 11 is 0. The van der Waals surface area contributed by atoms with Crippen LogP contribution in [0.3, 0.4) is 0 Å². The molecule has 1 aliphatic heterocycles. The number of carboxylic acid groups (broad SMARTS) is 1. The Bertz CT molecular complexity index is 631. The average Bonchev–Trinajstić information content (AvgIpc) is 2.49. The van der Waals surface area contributed by atoms with E-state index in [0.717, 1.165) is 17.0 Å². The molecule has 0 aromatic heterocycles. The van der Waals surface area contributed by atoms with Crippen molar-refractivity contribution in [3.8, 4) is 0 Å². The number of hydrogen-bond donors (Lipinski definition) is 2. The van der Waals surface area contributed by atoms with Crippen molar-refractivity contribution in [3.05, 3.63) is 35.1 Å². The largest absolute Gasteiger partial charge is 0.465 e. The molecule has 1 aromatic rings. The third-order valence-electron chi connectivity index (χ3n) is 3.75. The Hall–Kier alpha value is -2.32. The van der Waals surface area contributed by atoms with Gasteiger partial charge in [0.05, 0.1) is 11.6 Å². The molecule has 1 fully saturated rings. The van der Waals surface area contributed by atoms with Gasteiger partial charge in [0.15, 0.2) is 0 Å². The van der Waals surface area contributed by atoms with E-state index in [1.807, 2.05) is 0 Å². The van der Waals surface area contributed by atoms with Gasteiger partial charge in [-0.15, -0.1) is 0 Å². The average molecular weight is 334 g/mol. The molecule has 9 heteroatoms. The van der Waals surface area contributed by atoms with Crippen LogP contribution in [0.5, 0.6) is 0 Å². The molecule has 0 spiro atoms. The van der Waals surface area contributed by atoms with Gasteiger partial charge in [-0.25, -0.2) is 9.18 Å². The number of likely N-dealkylation sites (tertiary alicyclic amines) is 1. The number of nitrogens with zero attached hydrogens (tertiary/aromatic N) is 2. The van der Waals surface area contributed by atoms with Gasteiger partial charge in [0.25, 0.3) is 0 Å². The highest BCUT2D eigenvalue weighted by molar-refractivity contribution is 6.05. The molecular weight excluding hydrogens is 320 g/mol. The fraction of sp³-hybridized carbons (Fsp3) is 0.429. The summed E-state index contributed by atoms with van der Waals surface area (Å²) in [5.74, 6) is -1.58. The van der Waals surface area contributed by atoms with E-state index in [1.165, 1.54) is 0 Å². The van der Waals surface area contributed by atoms with E-state index < -0.39 is 41.0 Å². The van der Waals surface area contributed by atoms with E-state index in [-0.39, 0.29) is 13.0 Å². The lowest BCUT2D eigenvalue weighted by Gasteiger charge is -2.34. The summed E-state index contributed by atoms with van der Waals surface area (Å²) in [5, 5.41) is 21.2. The van der Waals surface area contributed by atoms with Crippen LogP contribution in [0.2, 0.25) is 0 Å². The maximum atomic E-state index is 14.2. The monoisotopic (exact) mass is 334 g/mol. The number of oxime groups is 1. The molecule has 126 valence electrons. The second-order valence-electron chi connectivity index (χ2n) is 5.14. The van der Waals surface area contributed by atoms with E-state index in [9.17, 15) is 22.4 Å². The van der Waals surface area contributed by atoms with Crippen LogP contribution in [0.1, 0.15) is 30.4 Å². The Morgan fingerprint density at radius 1 is 1.30 bits per heavy atom. The number of carbonyl (C=O) groups is 1. The lowest BCUT2D eigenvalue weighted by Crippen LogP contribution is -2.48. The molecular formula is C14H14F4N2O3. The third kappa shape index (κ3) is 3.38. The van der Waals surface area contributed by atoms with Gasteiger partial charge in [0, 0.05) is 12.1 Å². The first-order chi connectivity index (χ1) is 10.8. The van der Waals surface area contributed by atoms with Crippen LogP contribution in [0.25, 0.3) is 0 Å². The van der Waals surface area contributed by atoms with Gasteiger partial charge < -0.3 is 10.3 Å². The molecule has 1 unspecified atom stereocenters. The molecule has 23 heavy (non-hydrogen) atoms. The van der Waals surface area contributed by atoms with Gasteiger partial charge in [-0.2, -0.15) is 13.2 Å². The van der Waals surface area contributed by atoms with Crippen LogP contribution in [-0.2, 0) is 6.18 Å². The molecule has 1 aromatic carbocycles. The highest BCUT2D eigenvalue weighted by atomic mass is 19.4. The first-order valence-electron chi connectivity index (χ1n) is 6.85. The van der Waals surface area contributed by atoms with Crippen LogP contribution in [0, 0.1) is 5.82 Å². The number of benzene rings is 1. The molecule has 1 amide bonds. The SMILES string of the molecule is O=C(O)N1CCCCC1/C(=N\O)c1cccc(C(F)(F)F)c1F. The molecule has 2 rings (SSSR count). The minimum Gasteiger partial charge on any atom is -0.465 e. The zero-order chi connectivity index (χ0) is 17.2. The standard InChI is InChI=1S/C14H14F4N2O3/c15-11-8(4-3-5-9(11)14(16,17)18)12(19-23)10-6-1-2-7-20(10)13(21)22/h3-5,10,23H,1-2,6-7H2,(H,21,22)/b19-12-. The third-order valence-corrected chi connectivity index (χ3v) is 3.75. The smallest absolute Gasteiger partial charge is 0.419 e. The summed E-state index contributed by atoms with van der Waals surface area (Å²) in [6, 6.07) is 1.60. The van der Waals surface area contributed by atoms with E-state index in [4.69, 9.17) is 10.3 Å². The second kappa shape index (κ2) is 6.43. The maximum absolute atomic E-state index is 14.2. The maximum Gasteiger partial charge on any atom is 0.419 e. The highest BCUT2D eigenvalue weighted by Gasteiger charge is 2.38. The number of alkyl halides is 3. The minimum absolute atomic E-state index is 0.138. The number of rotatable bonds is 2. The summed E-state index contributed by atoms with van der Waals surface area (Å²) < 4.78 is 52.6. The van der Waals surface area contributed by atoms with Crippen molar-refractivity contribution in [1.82, 2.24) is 4.90 Å². The number of halogens is 4. The molecule has 1 atom stereocenters. The van der Waals surface area contributed by atoms with E-state index in [1.54, 1.807) is 0 Å². The normalized spacial score (nSPS) is 19.7. The first kappa shape index (κ1) is 17.0. The van der Waals surface area contributed by atoms with Crippen molar-refractivity contribution in [2.24, 2.45) is 5.16 Å². The zero-order valence-electron chi connectivity index (χ0n) is 11.8. The van der Waals surface area contributed by atoms with Crippen molar-refractivity contribution in [2.45, 2.75) is 31.5 Å². The van der Waals surface area contributed by atoms with Gasteiger partial charge in [-0.05, 0) is 31.4 Å². The van der Waals surface area contributed by atoms with Crippen LogP contribution in [-0.4, -0.2) is 39.6 Å². The lowest BCUT2D eigenvalue weighted by atomic mass is 9.92. The fourth-order valence-electron chi connectivity index (χ4n) is 2.69.